The zero-order valence-corrected chi connectivity index (χ0v) is 14.3. The molecule has 0 amide bonds. The molecule has 130 valence electrons. The fourth-order valence-electron chi connectivity index (χ4n) is 3.22. The van der Waals surface area contributed by atoms with Gasteiger partial charge in [0.1, 0.15) is 23.0 Å². The van der Waals surface area contributed by atoms with Crippen LogP contribution < -0.4 is 4.90 Å². The van der Waals surface area contributed by atoms with Crippen LogP contribution in [-0.4, -0.2) is 18.9 Å². The summed E-state index contributed by atoms with van der Waals surface area (Å²) < 4.78 is 11.4. The number of hydrogen-bond donors (Lipinski definition) is 0. The second kappa shape index (κ2) is 6.93. The lowest BCUT2D eigenvalue weighted by Crippen LogP contribution is -2.28. The zero-order chi connectivity index (χ0) is 17.9. The third-order valence-electron chi connectivity index (χ3n) is 4.58. The largest absolute Gasteiger partial charge is 0.453 e. The van der Waals surface area contributed by atoms with Gasteiger partial charge < -0.3 is 13.7 Å². The molecule has 0 atom stereocenters. The molecule has 0 saturated carbocycles. The molecule has 5 heteroatoms. The highest BCUT2D eigenvalue weighted by atomic mass is 16.4. The van der Waals surface area contributed by atoms with Gasteiger partial charge in [0.2, 0.25) is 5.78 Å². The van der Waals surface area contributed by atoms with E-state index in [0.29, 0.717) is 11.3 Å². The van der Waals surface area contributed by atoms with Crippen molar-refractivity contribution >= 4 is 28.7 Å². The predicted molar refractivity (Wildman–Crippen MR) is 98.9 cm³/mol. The van der Waals surface area contributed by atoms with E-state index >= 15 is 0 Å². The predicted octanol–water partition coefficient (Wildman–Crippen LogP) is 4.81. The third-order valence-corrected chi connectivity index (χ3v) is 4.58. The Hall–Kier alpha value is -3.26. The highest BCUT2D eigenvalue weighted by Gasteiger charge is 2.19. The summed E-state index contributed by atoms with van der Waals surface area (Å²) in [5.74, 6) is 0.984. The van der Waals surface area contributed by atoms with Gasteiger partial charge in [0.25, 0.3) is 0 Å². The molecule has 0 unspecified atom stereocenters. The highest BCUT2D eigenvalue weighted by Crippen LogP contribution is 2.25. The van der Waals surface area contributed by atoms with Gasteiger partial charge in [-0.1, -0.05) is 18.2 Å². The number of para-hydroxylation sites is 1. The van der Waals surface area contributed by atoms with Crippen LogP contribution in [0.25, 0.3) is 17.0 Å². The third kappa shape index (κ3) is 3.14. The summed E-state index contributed by atoms with van der Waals surface area (Å²) in [4.78, 5) is 14.8. The summed E-state index contributed by atoms with van der Waals surface area (Å²) in [5, 5.41) is 10.2. The molecule has 3 heterocycles. The first-order chi connectivity index (χ1) is 12.7. The molecular formula is C21H18N2O3. The van der Waals surface area contributed by atoms with E-state index in [1.165, 1.54) is 12.5 Å². The first-order valence-corrected chi connectivity index (χ1v) is 8.74. The van der Waals surface area contributed by atoms with Crippen molar-refractivity contribution in [2.75, 3.05) is 18.0 Å². The Morgan fingerprint density at radius 3 is 2.65 bits per heavy atom. The van der Waals surface area contributed by atoms with Crippen LogP contribution in [0.5, 0.6) is 0 Å². The number of carbonyl (C=O) groups is 1. The van der Waals surface area contributed by atoms with Crippen LogP contribution in [0.2, 0.25) is 0 Å². The number of furan rings is 2. The van der Waals surface area contributed by atoms with Crippen LogP contribution in [0.15, 0.2) is 56.9 Å². The molecule has 1 fully saturated rings. The second-order valence-corrected chi connectivity index (χ2v) is 6.37. The van der Waals surface area contributed by atoms with Gasteiger partial charge in [0.15, 0.2) is 11.6 Å². The molecule has 1 aliphatic heterocycles. The summed E-state index contributed by atoms with van der Waals surface area (Å²) in [5.41, 5.74) is 0.613. The van der Waals surface area contributed by atoms with Crippen molar-refractivity contribution in [2.24, 2.45) is 0 Å². The number of Topliss-reactive ketones (excluding diaryl/α,β-unsaturated/α-hetero) is 1. The van der Waals surface area contributed by atoms with Crippen molar-refractivity contribution in [1.29, 1.82) is 5.26 Å². The number of nitriles is 1. The SMILES string of the molecule is N#CC(=Cc1ccc(N2CCCCC2)o1)C(=O)c1cc2ccccc2o1. The normalized spacial score (nSPS) is 15.2. The second-order valence-electron chi connectivity index (χ2n) is 6.37. The van der Waals surface area contributed by atoms with Crippen molar-refractivity contribution in [3.63, 3.8) is 0 Å². The Bertz CT molecular complexity index is 980. The molecule has 1 aliphatic rings. The molecule has 1 saturated heterocycles. The van der Waals surface area contributed by atoms with Gasteiger partial charge >= 0.3 is 0 Å². The Balaban J connectivity index is 1.59. The maximum absolute atomic E-state index is 12.6. The van der Waals surface area contributed by atoms with Crippen molar-refractivity contribution < 1.29 is 13.6 Å². The lowest BCUT2D eigenvalue weighted by molar-refractivity contribution is 0.101. The highest BCUT2D eigenvalue weighted by molar-refractivity contribution is 6.13. The van der Waals surface area contributed by atoms with E-state index < -0.39 is 5.78 Å². The lowest BCUT2D eigenvalue weighted by atomic mass is 10.1. The number of rotatable bonds is 4. The molecule has 0 aliphatic carbocycles. The maximum atomic E-state index is 12.6. The summed E-state index contributed by atoms with van der Waals surface area (Å²) in [6.45, 7) is 1.94. The molecule has 0 bridgehead atoms. The van der Waals surface area contributed by atoms with Gasteiger partial charge in [-0.2, -0.15) is 5.26 Å². The zero-order valence-electron chi connectivity index (χ0n) is 14.3. The molecule has 1 aromatic carbocycles. The fraction of sp³-hybridized carbons (Fsp3) is 0.238. The number of carbonyl (C=O) groups excluding carboxylic acids is 1. The molecule has 0 N–H and O–H groups in total. The Morgan fingerprint density at radius 1 is 1.08 bits per heavy atom. The fourth-order valence-corrected chi connectivity index (χ4v) is 3.22. The van der Waals surface area contributed by atoms with Crippen LogP contribution in [-0.2, 0) is 0 Å². The molecular weight excluding hydrogens is 328 g/mol. The number of nitrogens with zero attached hydrogens (tertiary/aromatic N) is 2. The van der Waals surface area contributed by atoms with Gasteiger partial charge in [-0.05, 0) is 37.5 Å². The summed E-state index contributed by atoms with van der Waals surface area (Å²) >= 11 is 0. The molecule has 4 rings (SSSR count). The average molecular weight is 346 g/mol. The minimum Gasteiger partial charge on any atom is -0.453 e. The molecule has 0 radical (unpaired) electrons. The maximum Gasteiger partial charge on any atom is 0.238 e. The summed E-state index contributed by atoms with van der Waals surface area (Å²) in [7, 11) is 0. The van der Waals surface area contributed by atoms with E-state index in [4.69, 9.17) is 8.83 Å². The molecule has 3 aromatic rings. The topological polar surface area (TPSA) is 70.4 Å². The van der Waals surface area contributed by atoms with E-state index in [-0.39, 0.29) is 11.3 Å². The van der Waals surface area contributed by atoms with E-state index in [1.807, 2.05) is 30.3 Å². The van der Waals surface area contributed by atoms with Crippen molar-refractivity contribution in [2.45, 2.75) is 19.3 Å². The van der Waals surface area contributed by atoms with Gasteiger partial charge in [-0.15, -0.1) is 0 Å². The number of ketones is 1. The molecule has 26 heavy (non-hydrogen) atoms. The molecule has 2 aromatic heterocycles. The van der Waals surface area contributed by atoms with E-state index in [1.54, 1.807) is 18.2 Å². The lowest BCUT2D eigenvalue weighted by Gasteiger charge is -2.25. The minimum atomic E-state index is -0.445. The Kier molecular flexibility index (Phi) is 4.32. The Morgan fingerprint density at radius 2 is 1.88 bits per heavy atom. The number of benzene rings is 1. The molecule has 0 spiro atoms. The van der Waals surface area contributed by atoms with Crippen molar-refractivity contribution in [3.05, 3.63) is 59.6 Å². The average Bonchev–Trinajstić information content (AvgIpc) is 3.33. The summed E-state index contributed by atoms with van der Waals surface area (Å²) in [6.07, 6.45) is 5.03. The standard InChI is InChI=1S/C21H18N2O3/c22-14-16(21(24)19-13-15-6-2-3-7-18(15)26-19)12-17-8-9-20(25-17)23-10-4-1-5-11-23/h2-3,6-9,12-13H,1,4-5,10-11H2. The van der Waals surface area contributed by atoms with Crippen molar-refractivity contribution in [3.8, 4) is 6.07 Å². The minimum absolute atomic E-state index is 0.0106. The van der Waals surface area contributed by atoms with Gasteiger partial charge in [-0.3, -0.25) is 4.79 Å². The van der Waals surface area contributed by atoms with Crippen LogP contribution >= 0.6 is 0 Å². The quantitative estimate of drug-likeness (QED) is 0.385. The number of hydrogen-bond acceptors (Lipinski definition) is 5. The monoisotopic (exact) mass is 346 g/mol. The summed E-state index contributed by atoms with van der Waals surface area (Å²) in [6, 6.07) is 14.7. The number of piperidine rings is 1. The van der Waals surface area contributed by atoms with E-state index in [0.717, 1.165) is 37.2 Å². The number of fused-ring (bicyclic) bond motifs is 1. The van der Waals surface area contributed by atoms with Gasteiger partial charge in [0, 0.05) is 30.6 Å². The molecule has 5 nitrogen and oxygen atoms in total. The van der Waals surface area contributed by atoms with Crippen LogP contribution in [0.3, 0.4) is 0 Å². The van der Waals surface area contributed by atoms with Crippen LogP contribution in [0.1, 0.15) is 35.6 Å². The number of allylic oxidation sites excluding steroid dienone is 1. The first kappa shape index (κ1) is 16.2. The van der Waals surface area contributed by atoms with E-state index in [9.17, 15) is 10.1 Å². The van der Waals surface area contributed by atoms with Crippen LogP contribution in [0, 0.1) is 11.3 Å². The van der Waals surface area contributed by atoms with Gasteiger partial charge in [0.05, 0.1) is 0 Å². The van der Waals surface area contributed by atoms with Crippen molar-refractivity contribution in [1.82, 2.24) is 0 Å². The van der Waals surface area contributed by atoms with E-state index in [2.05, 4.69) is 4.90 Å². The Labute approximate surface area is 151 Å². The first-order valence-electron chi connectivity index (χ1n) is 8.74. The smallest absolute Gasteiger partial charge is 0.238 e. The number of anilines is 1. The van der Waals surface area contributed by atoms with Gasteiger partial charge in [-0.25, -0.2) is 0 Å². The van der Waals surface area contributed by atoms with Crippen LogP contribution in [0.4, 0.5) is 5.88 Å².